The van der Waals surface area contributed by atoms with Gasteiger partial charge >= 0.3 is 6.09 Å². The molecule has 2 atom stereocenters. The average molecular weight is 551 g/mol. The topological polar surface area (TPSA) is 133 Å². The molecule has 0 radical (unpaired) electrons. The summed E-state index contributed by atoms with van der Waals surface area (Å²) in [6.45, 7) is 3.99. The number of rotatable bonds is 12. The van der Waals surface area contributed by atoms with Crippen molar-refractivity contribution in [2.75, 3.05) is 19.8 Å². The zero-order valence-electron chi connectivity index (χ0n) is 22.7. The van der Waals surface area contributed by atoms with E-state index in [4.69, 9.17) is 15.2 Å². The van der Waals surface area contributed by atoms with E-state index in [2.05, 4.69) is 20.8 Å². The molecule has 212 valence electrons. The summed E-state index contributed by atoms with van der Waals surface area (Å²) in [6.07, 6.45) is 4.06. The van der Waals surface area contributed by atoms with Crippen LogP contribution in [0.1, 0.15) is 55.1 Å². The highest BCUT2D eigenvalue weighted by Crippen LogP contribution is 2.27. The number of nitrogens with two attached hydrogens (primary N) is 1. The van der Waals surface area contributed by atoms with Crippen LogP contribution in [0, 0.1) is 5.82 Å². The molecule has 0 aliphatic carbocycles. The monoisotopic (exact) mass is 550 g/mol. The molecule has 40 heavy (non-hydrogen) atoms. The third kappa shape index (κ3) is 7.73. The van der Waals surface area contributed by atoms with Crippen LogP contribution >= 0.6 is 0 Å². The van der Waals surface area contributed by atoms with E-state index in [1.165, 1.54) is 6.07 Å². The number of hydrogen-bond donors (Lipinski definition) is 3. The molecule has 1 aliphatic rings. The van der Waals surface area contributed by atoms with Gasteiger partial charge in [0.1, 0.15) is 18.5 Å². The summed E-state index contributed by atoms with van der Waals surface area (Å²) in [7, 11) is 0. The Morgan fingerprint density at radius 2 is 1.90 bits per heavy atom. The van der Waals surface area contributed by atoms with Crippen LogP contribution in [0.15, 0.2) is 60.7 Å². The third-order valence-electron chi connectivity index (χ3n) is 6.42. The second kappa shape index (κ2) is 13.3. The van der Waals surface area contributed by atoms with E-state index < -0.39 is 17.7 Å². The molecule has 0 spiro atoms. The number of amides is 2. The summed E-state index contributed by atoms with van der Waals surface area (Å²) in [4.78, 5) is 25.2. The molecule has 4 rings (SSSR count). The van der Waals surface area contributed by atoms with Crippen molar-refractivity contribution in [3.05, 3.63) is 89.3 Å². The second-order valence-corrected chi connectivity index (χ2v) is 10.2. The fourth-order valence-electron chi connectivity index (χ4n) is 4.24. The molecule has 0 bridgehead atoms. The van der Waals surface area contributed by atoms with E-state index in [9.17, 15) is 14.0 Å². The molecule has 0 saturated carbocycles. The van der Waals surface area contributed by atoms with Gasteiger partial charge in [-0.1, -0.05) is 54.6 Å². The highest BCUT2D eigenvalue weighted by Gasteiger charge is 2.31. The zero-order chi connectivity index (χ0) is 28.5. The van der Waals surface area contributed by atoms with Crippen molar-refractivity contribution in [2.24, 2.45) is 5.73 Å². The molecule has 0 saturated heterocycles. The molecule has 2 heterocycles. The Labute approximate surface area is 232 Å². The smallest absolute Gasteiger partial charge is 0.407 e. The molecule has 2 amide bonds. The first-order valence-electron chi connectivity index (χ1n) is 13.2. The number of carbonyl (C=O) groups excluding carboxylic acids is 2. The van der Waals surface area contributed by atoms with Crippen LogP contribution < -0.4 is 16.4 Å². The highest BCUT2D eigenvalue weighted by atomic mass is 19.1. The number of nitrogens with one attached hydrogen (secondary N) is 2. The van der Waals surface area contributed by atoms with Crippen LogP contribution in [-0.2, 0) is 27.3 Å². The Bertz CT molecular complexity index is 1320. The summed E-state index contributed by atoms with van der Waals surface area (Å²) in [6, 6.07) is 15.2. The van der Waals surface area contributed by atoms with Gasteiger partial charge in [-0.2, -0.15) is 0 Å². The standard InChI is InChI=1S/C29H35FN6O4/c1-29(2,31)27(37)33-24(19-39-17-20-9-4-3-5-10-20)26-35-34-25-14-8-12-22(36(25)26)18-40-28(38)32-16-15-21-11-6-7-13-23(21)30/h3-11,13-14,22,24H,12,15-19,31H2,1-2H3,(H,32,38)(H,33,37)/t22?,24-/m1/s1. The maximum absolute atomic E-state index is 13.8. The Hall–Kier alpha value is -4.09. The molecule has 1 unspecified atom stereocenters. The summed E-state index contributed by atoms with van der Waals surface area (Å²) >= 11 is 0. The Kier molecular flexibility index (Phi) is 9.62. The van der Waals surface area contributed by atoms with Gasteiger partial charge in [-0.3, -0.25) is 4.79 Å². The first-order chi connectivity index (χ1) is 19.2. The number of hydrogen-bond acceptors (Lipinski definition) is 7. The van der Waals surface area contributed by atoms with Crippen LogP contribution in [0.3, 0.4) is 0 Å². The van der Waals surface area contributed by atoms with Crippen molar-refractivity contribution in [1.29, 1.82) is 0 Å². The minimum absolute atomic E-state index is 0.0435. The van der Waals surface area contributed by atoms with Crippen molar-refractivity contribution in [2.45, 2.75) is 50.9 Å². The van der Waals surface area contributed by atoms with Gasteiger partial charge < -0.3 is 30.4 Å². The first kappa shape index (κ1) is 28.9. The Balaban J connectivity index is 1.42. The molecule has 10 nitrogen and oxygen atoms in total. The fraction of sp³-hybridized carbons (Fsp3) is 0.379. The molecule has 3 aromatic rings. The van der Waals surface area contributed by atoms with Gasteiger partial charge in [0.05, 0.1) is 24.8 Å². The van der Waals surface area contributed by atoms with Crippen LogP contribution in [0.5, 0.6) is 0 Å². The lowest BCUT2D eigenvalue weighted by atomic mass is 10.1. The lowest BCUT2D eigenvalue weighted by Gasteiger charge is -2.28. The van der Waals surface area contributed by atoms with Crippen LogP contribution in [-0.4, -0.2) is 52.1 Å². The van der Waals surface area contributed by atoms with E-state index >= 15 is 0 Å². The van der Waals surface area contributed by atoms with E-state index in [1.807, 2.05) is 47.1 Å². The zero-order valence-corrected chi connectivity index (χ0v) is 22.7. The third-order valence-corrected chi connectivity index (χ3v) is 6.42. The number of aromatic nitrogens is 3. The van der Waals surface area contributed by atoms with Crippen molar-refractivity contribution in [3.8, 4) is 0 Å². The number of ether oxygens (including phenoxy) is 2. The normalized spacial score (nSPS) is 15.2. The summed E-state index contributed by atoms with van der Waals surface area (Å²) < 4.78 is 27.1. The van der Waals surface area contributed by atoms with Gasteiger partial charge in [0, 0.05) is 6.54 Å². The number of nitrogens with zero attached hydrogens (tertiary/aromatic N) is 3. The van der Waals surface area contributed by atoms with Crippen LogP contribution in [0.4, 0.5) is 9.18 Å². The lowest BCUT2D eigenvalue weighted by Crippen LogP contribution is -2.51. The summed E-state index contributed by atoms with van der Waals surface area (Å²) in [5.74, 6) is 0.362. The quantitative estimate of drug-likeness (QED) is 0.315. The van der Waals surface area contributed by atoms with Gasteiger partial charge in [0.15, 0.2) is 11.6 Å². The molecule has 4 N–H and O–H groups in total. The van der Waals surface area contributed by atoms with Crippen molar-refractivity contribution in [1.82, 2.24) is 25.4 Å². The van der Waals surface area contributed by atoms with Gasteiger partial charge in [0.25, 0.3) is 0 Å². The van der Waals surface area contributed by atoms with E-state index in [-0.39, 0.29) is 37.5 Å². The number of allylic oxidation sites excluding steroid dienone is 1. The number of halogens is 1. The van der Waals surface area contributed by atoms with Gasteiger partial charge in [-0.15, -0.1) is 10.2 Å². The predicted molar refractivity (Wildman–Crippen MR) is 147 cm³/mol. The highest BCUT2D eigenvalue weighted by molar-refractivity contribution is 5.85. The number of carbonyl (C=O) groups is 2. The largest absolute Gasteiger partial charge is 0.447 e. The fourth-order valence-corrected chi connectivity index (χ4v) is 4.24. The maximum atomic E-state index is 13.8. The van der Waals surface area contributed by atoms with E-state index in [1.54, 1.807) is 32.0 Å². The predicted octanol–water partition coefficient (Wildman–Crippen LogP) is 3.46. The minimum atomic E-state index is -1.12. The number of benzene rings is 2. The Morgan fingerprint density at radius 1 is 1.15 bits per heavy atom. The van der Waals surface area contributed by atoms with E-state index in [0.29, 0.717) is 36.7 Å². The average Bonchev–Trinajstić information content (AvgIpc) is 3.37. The molecule has 0 fully saturated rings. The number of alkyl carbamates (subject to hydrolysis) is 1. The van der Waals surface area contributed by atoms with Crippen molar-refractivity contribution >= 4 is 18.1 Å². The van der Waals surface area contributed by atoms with Crippen molar-refractivity contribution < 1.29 is 23.5 Å². The molecule has 2 aromatic carbocycles. The van der Waals surface area contributed by atoms with Crippen molar-refractivity contribution in [3.63, 3.8) is 0 Å². The number of fused-ring (bicyclic) bond motifs is 1. The van der Waals surface area contributed by atoms with Gasteiger partial charge in [-0.05, 0) is 50.0 Å². The summed E-state index contributed by atoms with van der Waals surface area (Å²) in [5, 5.41) is 14.2. The minimum Gasteiger partial charge on any atom is -0.447 e. The van der Waals surface area contributed by atoms with Gasteiger partial charge in [0.2, 0.25) is 5.91 Å². The SMILES string of the molecule is CC(C)(N)C(=O)N[C@H](COCc1ccccc1)c1nnc2n1C(COC(=O)NCCc1ccccc1F)CC=C2. The molecule has 11 heteroatoms. The molecular weight excluding hydrogens is 515 g/mol. The Morgan fingerprint density at radius 3 is 2.65 bits per heavy atom. The van der Waals surface area contributed by atoms with Crippen LogP contribution in [0.25, 0.3) is 6.08 Å². The van der Waals surface area contributed by atoms with E-state index in [0.717, 1.165) is 5.56 Å². The first-order valence-corrected chi connectivity index (χ1v) is 13.2. The molecular formula is C29H35FN6O4. The summed E-state index contributed by atoms with van der Waals surface area (Å²) in [5.41, 5.74) is 6.43. The second-order valence-electron chi connectivity index (χ2n) is 10.2. The maximum Gasteiger partial charge on any atom is 0.407 e. The molecule has 1 aliphatic heterocycles. The van der Waals surface area contributed by atoms with Gasteiger partial charge in [-0.25, -0.2) is 9.18 Å². The van der Waals surface area contributed by atoms with Crippen LogP contribution in [0.2, 0.25) is 0 Å². The lowest BCUT2D eigenvalue weighted by molar-refractivity contribution is -0.126. The molecule has 1 aromatic heterocycles.